The highest BCUT2D eigenvalue weighted by Crippen LogP contribution is 2.25. The van der Waals surface area contributed by atoms with Crippen LogP contribution in [0.2, 0.25) is 0 Å². The van der Waals surface area contributed by atoms with E-state index >= 15 is 0 Å². The second-order valence-corrected chi connectivity index (χ2v) is 7.26. The summed E-state index contributed by atoms with van der Waals surface area (Å²) in [5, 5.41) is 23.5. The fourth-order valence-electron chi connectivity index (χ4n) is 2.46. The molecule has 5 heteroatoms. The lowest BCUT2D eigenvalue weighted by Crippen LogP contribution is -2.14. The summed E-state index contributed by atoms with van der Waals surface area (Å²) in [5.41, 5.74) is 5.55. The number of carbonyl (C=O) groups excluding carboxylic acids is 1. The van der Waals surface area contributed by atoms with E-state index in [2.05, 4.69) is 29.6 Å². The number of aliphatic hydroxyl groups excluding tert-OH is 1. The number of aliphatic hydroxyl groups is 1. The van der Waals surface area contributed by atoms with E-state index in [-0.39, 0.29) is 17.0 Å². The molecule has 0 saturated carbocycles. The number of nitrogens with one attached hydrogen (secondary N) is 2. The summed E-state index contributed by atoms with van der Waals surface area (Å²) in [6.45, 7) is 5.55. The van der Waals surface area contributed by atoms with Crippen molar-refractivity contribution >= 4 is 39.5 Å². The molecule has 5 N–H and O–H groups in total. The van der Waals surface area contributed by atoms with Gasteiger partial charge in [-0.25, -0.2) is 0 Å². The topological polar surface area (TPSA) is 99.2 Å². The molecule has 1 amide bonds. The highest BCUT2D eigenvalue weighted by atomic mass is 16.3. The number of carbonyl (C=O) groups is 1. The van der Waals surface area contributed by atoms with Gasteiger partial charge in [-0.3, -0.25) is 10.2 Å². The van der Waals surface area contributed by atoms with E-state index in [9.17, 15) is 9.90 Å². The van der Waals surface area contributed by atoms with Gasteiger partial charge in [-0.2, -0.15) is 0 Å². The molecule has 27 heavy (non-hydrogen) atoms. The van der Waals surface area contributed by atoms with Crippen molar-refractivity contribution in [3.8, 4) is 0 Å². The van der Waals surface area contributed by atoms with Gasteiger partial charge in [0.15, 0.2) is 0 Å². The summed E-state index contributed by atoms with van der Waals surface area (Å²) in [4.78, 5) is 10.4. The number of allylic oxidation sites excluding steroid dienone is 1. The number of amidine groups is 1. The van der Waals surface area contributed by atoms with Crippen LogP contribution in [0, 0.1) is 10.8 Å². The van der Waals surface area contributed by atoms with Crippen molar-refractivity contribution in [3.63, 3.8) is 0 Å². The Hall–Kier alpha value is -3.34. The van der Waals surface area contributed by atoms with Crippen molar-refractivity contribution in [3.05, 3.63) is 66.4 Å². The molecule has 0 aliphatic carbocycles. The molecule has 0 aliphatic heterocycles. The molecule has 0 fully saturated rings. The maximum Gasteiger partial charge on any atom is 0.211 e. The van der Waals surface area contributed by atoms with Gasteiger partial charge in [0.05, 0.1) is 0 Å². The largest absolute Gasteiger partial charge is 0.512 e. The third-order valence-electron chi connectivity index (χ3n) is 3.99. The molecule has 0 spiro atoms. The first-order chi connectivity index (χ1) is 12.7. The minimum atomic E-state index is -0.314. The van der Waals surface area contributed by atoms with E-state index in [1.807, 2.05) is 51.1 Å². The first-order valence-corrected chi connectivity index (χ1v) is 8.58. The van der Waals surface area contributed by atoms with E-state index in [4.69, 9.17) is 11.1 Å². The number of anilines is 1. The van der Waals surface area contributed by atoms with Crippen molar-refractivity contribution in [1.29, 1.82) is 5.41 Å². The summed E-state index contributed by atoms with van der Waals surface area (Å²) < 4.78 is 0. The average molecular weight is 363 g/mol. The number of hydrogen-bond acceptors (Lipinski definition) is 3. The molecule has 3 rings (SSSR count). The smallest absolute Gasteiger partial charge is 0.211 e. The van der Waals surface area contributed by atoms with Crippen LogP contribution in [0.25, 0.3) is 21.5 Å². The SMILES string of the molecule is CC(C)(C)/C(O)=C/C(=N)N.O=CNc1ccc2cc3ccccc3cc2c1. The van der Waals surface area contributed by atoms with E-state index in [0.29, 0.717) is 6.41 Å². The number of fused-ring (bicyclic) bond motifs is 2. The third-order valence-corrected chi connectivity index (χ3v) is 3.99. The maximum atomic E-state index is 10.4. The van der Waals surface area contributed by atoms with Gasteiger partial charge in [-0.15, -0.1) is 0 Å². The Labute approximate surface area is 159 Å². The third kappa shape index (κ3) is 5.57. The molecule has 3 aromatic rings. The molecule has 0 bridgehead atoms. The lowest BCUT2D eigenvalue weighted by molar-refractivity contribution is -0.105. The van der Waals surface area contributed by atoms with Crippen molar-refractivity contribution in [2.45, 2.75) is 20.8 Å². The van der Waals surface area contributed by atoms with Gasteiger partial charge < -0.3 is 16.2 Å². The molecule has 5 nitrogen and oxygen atoms in total. The summed E-state index contributed by atoms with van der Waals surface area (Å²) in [6, 6.07) is 18.5. The van der Waals surface area contributed by atoms with Gasteiger partial charge in [0.1, 0.15) is 11.6 Å². The fourth-order valence-corrected chi connectivity index (χ4v) is 2.46. The van der Waals surface area contributed by atoms with Crippen LogP contribution in [-0.2, 0) is 4.79 Å². The molecule has 0 radical (unpaired) electrons. The molecule has 3 aromatic carbocycles. The summed E-state index contributed by atoms with van der Waals surface area (Å²) in [6.07, 6.45) is 1.95. The van der Waals surface area contributed by atoms with E-state index in [0.717, 1.165) is 11.1 Å². The fraction of sp³-hybridized carbons (Fsp3) is 0.182. The molecule has 0 aliphatic rings. The quantitative estimate of drug-likeness (QED) is 0.174. The highest BCUT2D eigenvalue weighted by Gasteiger charge is 2.15. The molecule has 0 saturated heterocycles. The Morgan fingerprint density at radius 1 is 1.00 bits per heavy atom. The number of benzene rings is 3. The van der Waals surface area contributed by atoms with Crippen LogP contribution in [0.15, 0.2) is 66.4 Å². The molecule has 0 unspecified atom stereocenters. The van der Waals surface area contributed by atoms with Crippen LogP contribution < -0.4 is 11.1 Å². The van der Waals surface area contributed by atoms with Crippen LogP contribution in [0.1, 0.15) is 20.8 Å². The first kappa shape index (κ1) is 20.0. The minimum absolute atomic E-state index is 0.118. The lowest BCUT2D eigenvalue weighted by Gasteiger charge is -2.16. The summed E-state index contributed by atoms with van der Waals surface area (Å²) >= 11 is 0. The molecule has 0 atom stereocenters. The first-order valence-electron chi connectivity index (χ1n) is 8.58. The van der Waals surface area contributed by atoms with Crippen LogP contribution in [0.4, 0.5) is 5.69 Å². The van der Waals surface area contributed by atoms with Crippen molar-refractivity contribution in [1.82, 2.24) is 0 Å². The highest BCUT2D eigenvalue weighted by molar-refractivity contribution is 5.99. The predicted molar refractivity (Wildman–Crippen MR) is 113 cm³/mol. The van der Waals surface area contributed by atoms with Gasteiger partial charge >= 0.3 is 0 Å². The average Bonchev–Trinajstić information content (AvgIpc) is 2.59. The lowest BCUT2D eigenvalue weighted by atomic mass is 9.93. The monoisotopic (exact) mass is 363 g/mol. The van der Waals surface area contributed by atoms with Crippen LogP contribution in [0.5, 0.6) is 0 Å². The Kier molecular flexibility index (Phi) is 6.19. The number of rotatable bonds is 3. The van der Waals surface area contributed by atoms with E-state index in [1.54, 1.807) is 0 Å². The Morgan fingerprint density at radius 3 is 2.04 bits per heavy atom. The summed E-state index contributed by atoms with van der Waals surface area (Å²) in [7, 11) is 0. The minimum Gasteiger partial charge on any atom is -0.512 e. The van der Waals surface area contributed by atoms with Crippen molar-refractivity contribution in [2.24, 2.45) is 11.1 Å². The zero-order valence-corrected chi connectivity index (χ0v) is 15.8. The normalized spacial score (nSPS) is 11.6. The van der Waals surface area contributed by atoms with Gasteiger partial charge in [-0.05, 0) is 45.8 Å². The van der Waals surface area contributed by atoms with Crippen molar-refractivity contribution in [2.75, 3.05) is 5.32 Å². The Balaban J connectivity index is 0.000000227. The number of nitrogens with two attached hydrogens (primary N) is 1. The van der Waals surface area contributed by atoms with Gasteiger partial charge in [0.25, 0.3) is 0 Å². The zero-order chi connectivity index (χ0) is 20.0. The maximum absolute atomic E-state index is 10.4. The number of amides is 1. The second-order valence-electron chi connectivity index (χ2n) is 7.26. The standard InChI is InChI=1S/C15H11NO.C7H14N2O/c17-10-16-15-6-5-13-7-11-3-1-2-4-12(11)8-14(13)9-15;1-7(2,3)5(10)4-6(8)9/h1-10H,(H,16,17);4,10H,1-3H3,(H3,8,9)/b;5-4-. The van der Waals surface area contributed by atoms with Crippen LogP contribution in [-0.4, -0.2) is 17.4 Å². The molecule has 0 heterocycles. The Bertz CT molecular complexity index is 1000. The molecular formula is C22H25N3O2. The summed E-state index contributed by atoms with van der Waals surface area (Å²) in [5.74, 6) is 0.0208. The molecule has 0 aromatic heterocycles. The van der Waals surface area contributed by atoms with Gasteiger partial charge in [0.2, 0.25) is 6.41 Å². The van der Waals surface area contributed by atoms with E-state index in [1.165, 1.54) is 22.2 Å². The molecule has 140 valence electrons. The van der Waals surface area contributed by atoms with Crippen LogP contribution in [0.3, 0.4) is 0 Å². The second kappa shape index (κ2) is 8.36. The molecular weight excluding hydrogens is 338 g/mol. The Morgan fingerprint density at radius 2 is 1.56 bits per heavy atom. The van der Waals surface area contributed by atoms with Crippen LogP contribution >= 0.6 is 0 Å². The van der Waals surface area contributed by atoms with Gasteiger partial charge in [0, 0.05) is 17.2 Å². The zero-order valence-electron chi connectivity index (χ0n) is 15.8. The predicted octanol–water partition coefficient (Wildman–Crippen LogP) is 4.97. The number of hydrogen-bond donors (Lipinski definition) is 4. The van der Waals surface area contributed by atoms with Crippen molar-refractivity contribution < 1.29 is 9.90 Å². The van der Waals surface area contributed by atoms with Gasteiger partial charge in [-0.1, -0.05) is 51.1 Å². The van der Waals surface area contributed by atoms with E-state index < -0.39 is 0 Å².